The summed E-state index contributed by atoms with van der Waals surface area (Å²) >= 11 is 3.05. The van der Waals surface area contributed by atoms with E-state index in [0.717, 1.165) is 0 Å². The molecule has 0 aliphatic carbocycles. The number of nitrogens with one attached hydrogen (secondary N) is 1. The van der Waals surface area contributed by atoms with Gasteiger partial charge in [-0.25, -0.2) is 0 Å². The van der Waals surface area contributed by atoms with Gasteiger partial charge in [-0.05, 0) is 36.5 Å². The molecular formula is C7H11BrN2O. The maximum Gasteiger partial charge on any atom is 0.260 e. The lowest BCUT2D eigenvalue weighted by molar-refractivity contribution is -0.117. The highest BCUT2D eigenvalue weighted by atomic mass is 79.9. The number of hydrogen-bond donors (Lipinski definition) is 1. The molecular weight excluding hydrogens is 208 g/mol. The zero-order chi connectivity index (χ0) is 8.85. The Morgan fingerprint density at radius 1 is 1.73 bits per heavy atom. The van der Waals surface area contributed by atoms with Crippen molar-refractivity contribution in [2.45, 2.75) is 19.9 Å². The van der Waals surface area contributed by atoms with Crippen molar-refractivity contribution < 1.29 is 4.79 Å². The van der Waals surface area contributed by atoms with E-state index in [0.29, 0.717) is 4.48 Å². The van der Waals surface area contributed by atoms with Crippen LogP contribution in [0.25, 0.3) is 0 Å². The first-order valence-electron chi connectivity index (χ1n) is 3.20. The zero-order valence-corrected chi connectivity index (χ0v) is 8.18. The van der Waals surface area contributed by atoms with E-state index >= 15 is 0 Å². The van der Waals surface area contributed by atoms with Crippen molar-refractivity contribution in [2.75, 3.05) is 0 Å². The third-order valence-corrected chi connectivity index (χ3v) is 1.41. The molecule has 0 aromatic heterocycles. The summed E-state index contributed by atoms with van der Waals surface area (Å²) < 4.78 is 0.390. The molecule has 0 spiro atoms. The second kappa shape index (κ2) is 5.07. The molecule has 1 amide bonds. The third-order valence-electron chi connectivity index (χ3n) is 0.841. The standard InChI is InChI=1S/C7H11BrN2O/c1-5(2)10-7(11)6(8)4-9-3/h4-5H,3H2,1-2H3,(H,10,11)/b6-4+. The lowest BCUT2D eigenvalue weighted by Gasteiger charge is -2.05. The van der Waals surface area contributed by atoms with Crippen molar-refractivity contribution in [3.8, 4) is 0 Å². The lowest BCUT2D eigenvalue weighted by Crippen LogP contribution is -2.29. The van der Waals surface area contributed by atoms with Crippen LogP contribution in [0.3, 0.4) is 0 Å². The van der Waals surface area contributed by atoms with Crippen molar-refractivity contribution >= 4 is 28.6 Å². The fourth-order valence-corrected chi connectivity index (χ4v) is 0.729. The highest BCUT2D eigenvalue weighted by Gasteiger charge is 2.05. The van der Waals surface area contributed by atoms with Gasteiger partial charge >= 0.3 is 0 Å². The maximum absolute atomic E-state index is 11.0. The second-order valence-corrected chi connectivity index (χ2v) is 3.14. The van der Waals surface area contributed by atoms with Gasteiger partial charge in [0.15, 0.2) is 0 Å². The van der Waals surface area contributed by atoms with Crippen molar-refractivity contribution in [3.05, 3.63) is 10.7 Å². The summed E-state index contributed by atoms with van der Waals surface area (Å²) in [7, 11) is 0. The molecule has 0 fully saturated rings. The molecule has 4 heteroatoms. The zero-order valence-electron chi connectivity index (χ0n) is 6.60. The molecule has 0 aromatic rings. The summed E-state index contributed by atoms with van der Waals surface area (Å²) in [6, 6.07) is 0.133. The van der Waals surface area contributed by atoms with Gasteiger partial charge in [-0.15, -0.1) is 0 Å². The van der Waals surface area contributed by atoms with Crippen LogP contribution in [0.1, 0.15) is 13.8 Å². The Morgan fingerprint density at radius 3 is 2.64 bits per heavy atom. The highest BCUT2D eigenvalue weighted by Crippen LogP contribution is 2.04. The lowest BCUT2D eigenvalue weighted by atomic mass is 10.4. The number of carbonyl (C=O) groups excluding carboxylic acids is 1. The Hall–Kier alpha value is -0.640. The Morgan fingerprint density at radius 2 is 2.27 bits per heavy atom. The number of amides is 1. The maximum atomic E-state index is 11.0. The minimum atomic E-state index is -0.174. The number of hydrogen-bond acceptors (Lipinski definition) is 2. The van der Waals surface area contributed by atoms with Crippen LogP contribution in [0.2, 0.25) is 0 Å². The fraction of sp³-hybridized carbons (Fsp3) is 0.429. The van der Waals surface area contributed by atoms with Gasteiger partial charge in [0.05, 0.1) is 0 Å². The van der Waals surface area contributed by atoms with Gasteiger partial charge in [-0.1, -0.05) is 0 Å². The van der Waals surface area contributed by atoms with Crippen molar-refractivity contribution in [1.29, 1.82) is 0 Å². The molecule has 0 rings (SSSR count). The average molecular weight is 219 g/mol. The Labute approximate surface area is 74.7 Å². The molecule has 62 valence electrons. The largest absolute Gasteiger partial charge is 0.349 e. The molecule has 0 radical (unpaired) electrons. The summed E-state index contributed by atoms with van der Waals surface area (Å²) in [5.74, 6) is -0.174. The minimum absolute atomic E-state index is 0.133. The predicted octanol–water partition coefficient (Wildman–Crippen LogP) is 1.45. The molecule has 0 bridgehead atoms. The molecule has 3 nitrogen and oxygen atoms in total. The Kier molecular flexibility index (Phi) is 4.77. The smallest absolute Gasteiger partial charge is 0.260 e. The van der Waals surface area contributed by atoms with Gasteiger partial charge in [-0.3, -0.25) is 9.79 Å². The fourth-order valence-electron chi connectivity index (χ4n) is 0.470. The van der Waals surface area contributed by atoms with Crippen LogP contribution >= 0.6 is 15.9 Å². The van der Waals surface area contributed by atoms with Gasteiger partial charge in [0, 0.05) is 12.2 Å². The molecule has 0 aromatic carbocycles. The van der Waals surface area contributed by atoms with Crippen molar-refractivity contribution in [3.63, 3.8) is 0 Å². The molecule has 0 heterocycles. The molecule has 0 aliphatic heterocycles. The van der Waals surface area contributed by atoms with Crippen molar-refractivity contribution in [1.82, 2.24) is 5.32 Å². The van der Waals surface area contributed by atoms with Crippen molar-refractivity contribution in [2.24, 2.45) is 4.99 Å². The third kappa shape index (κ3) is 4.72. The van der Waals surface area contributed by atoms with Crippen LogP contribution in [0.15, 0.2) is 15.7 Å². The second-order valence-electron chi connectivity index (χ2n) is 2.29. The predicted molar refractivity (Wildman–Crippen MR) is 49.8 cm³/mol. The normalized spacial score (nSPS) is 11.5. The van der Waals surface area contributed by atoms with Gasteiger partial charge in [0.2, 0.25) is 0 Å². The SMILES string of the molecule is C=N/C=C(/Br)C(=O)NC(C)C. The van der Waals surface area contributed by atoms with Gasteiger partial charge in [0.1, 0.15) is 4.48 Å². The van der Waals surface area contributed by atoms with E-state index in [9.17, 15) is 4.79 Å². The first-order valence-corrected chi connectivity index (χ1v) is 3.99. The molecule has 0 saturated heterocycles. The van der Waals surface area contributed by atoms with E-state index in [1.54, 1.807) is 0 Å². The summed E-state index contributed by atoms with van der Waals surface area (Å²) in [5.41, 5.74) is 0. The summed E-state index contributed by atoms with van der Waals surface area (Å²) in [6.45, 7) is 7.00. The molecule has 0 saturated carbocycles. The van der Waals surface area contributed by atoms with Gasteiger partial charge < -0.3 is 5.32 Å². The van der Waals surface area contributed by atoms with Crippen LogP contribution in [0.4, 0.5) is 0 Å². The summed E-state index contributed by atoms with van der Waals surface area (Å²) in [6.07, 6.45) is 1.36. The number of aliphatic imine (C=N–C) groups is 1. The molecule has 11 heavy (non-hydrogen) atoms. The van der Waals surface area contributed by atoms with E-state index in [1.165, 1.54) is 6.20 Å². The average Bonchev–Trinajstić information content (AvgIpc) is 1.86. The van der Waals surface area contributed by atoms with Crippen LogP contribution in [0, 0.1) is 0 Å². The van der Waals surface area contributed by atoms with Crippen LogP contribution in [0.5, 0.6) is 0 Å². The number of halogens is 1. The first-order chi connectivity index (χ1) is 5.07. The van der Waals surface area contributed by atoms with Gasteiger partial charge in [-0.2, -0.15) is 0 Å². The molecule has 0 aliphatic rings. The quantitative estimate of drug-likeness (QED) is 0.566. The first kappa shape index (κ1) is 10.4. The van der Waals surface area contributed by atoms with E-state index in [-0.39, 0.29) is 11.9 Å². The van der Waals surface area contributed by atoms with E-state index in [4.69, 9.17) is 0 Å². The highest BCUT2D eigenvalue weighted by molar-refractivity contribution is 9.12. The Balaban J connectivity index is 4.03. The molecule has 0 unspecified atom stereocenters. The van der Waals surface area contributed by atoms with Crippen LogP contribution < -0.4 is 5.32 Å². The summed E-state index contributed by atoms with van der Waals surface area (Å²) in [5, 5.41) is 2.69. The molecule has 1 N–H and O–H groups in total. The summed E-state index contributed by atoms with van der Waals surface area (Å²) in [4.78, 5) is 14.5. The minimum Gasteiger partial charge on any atom is -0.349 e. The van der Waals surface area contributed by atoms with Gasteiger partial charge in [0.25, 0.3) is 5.91 Å². The molecule has 0 atom stereocenters. The van der Waals surface area contributed by atoms with Crippen LogP contribution in [-0.4, -0.2) is 18.7 Å². The number of nitrogens with zero attached hydrogens (tertiary/aromatic N) is 1. The number of carbonyl (C=O) groups is 1. The van der Waals surface area contributed by atoms with E-state index in [1.807, 2.05) is 13.8 Å². The van der Waals surface area contributed by atoms with Crippen LogP contribution in [-0.2, 0) is 4.79 Å². The number of rotatable bonds is 3. The van der Waals surface area contributed by atoms with E-state index in [2.05, 4.69) is 33.0 Å². The topological polar surface area (TPSA) is 41.5 Å². The van der Waals surface area contributed by atoms with E-state index < -0.39 is 0 Å². The monoisotopic (exact) mass is 218 g/mol. The Bertz CT molecular complexity index is 187.